The molecule has 1 saturated heterocycles. The maximum absolute atomic E-state index is 12.2. The summed E-state index contributed by atoms with van der Waals surface area (Å²) in [5.41, 5.74) is 3.33. The van der Waals surface area contributed by atoms with Crippen molar-refractivity contribution in [2.45, 2.75) is 37.3 Å². The molecule has 114 valence electrons. The van der Waals surface area contributed by atoms with Crippen LogP contribution in [0.3, 0.4) is 0 Å². The van der Waals surface area contributed by atoms with Crippen LogP contribution >= 0.6 is 0 Å². The van der Waals surface area contributed by atoms with Gasteiger partial charge in [-0.1, -0.05) is 30.3 Å². The second-order valence-corrected chi connectivity index (χ2v) is 5.87. The van der Waals surface area contributed by atoms with Crippen LogP contribution in [-0.2, 0) is 9.53 Å². The number of hydrogen-bond acceptors (Lipinski definition) is 4. The van der Waals surface area contributed by atoms with E-state index in [0.717, 1.165) is 31.6 Å². The molecule has 3 unspecified atom stereocenters. The highest BCUT2D eigenvalue weighted by molar-refractivity contribution is 5.83. The van der Waals surface area contributed by atoms with Gasteiger partial charge in [0.05, 0.1) is 18.6 Å². The number of benzene rings is 1. The van der Waals surface area contributed by atoms with Gasteiger partial charge in [-0.05, 0) is 24.8 Å². The fourth-order valence-corrected chi connectivity index (χ4v) is 3.59. The summed E-state index contributed by atoms with van der Waals surface area (Å²) in [6.07, 6.45) is 3.86. The van der Waals surface area contributed by atoms with Crippen LogP contribution in [0.15, 0.2) is 30.3 Å². The van der Waals surface area contributed by atoms with Gasteiger partial charge >= 0.3 is 0 Å². The maximum Gasteiger partial charge on any atom is 0.242 e. The second kappa shape index (κ2) is 6.56. The highest BCUT2D eigenvalue weighted by Crippen LogP contribution is 2.31. The standard InChI is InChI=1S/C16H23N3O2/c17-18-16(20)13(12-5-2-1-3-6-12)11-19-9-10-21-15-8-4-7-14(15)19/h1-3,5-6,13-15H,4,7-11,17H2,(H,18,20). The third kappa shape index (κ3) is 3.10. The Morgan fingerprint density at radius 2 is 2.19 bits per heavy atom. The van der Waals surface area contributed by atoms with Crippen molar-refractivity contribution in [3.8, 4) is 0 Å². The van der Waals surface area contributed by atoms with Crippen molar-refractivity contribution in [3.05, 3.63) is 35.9 Å². The first-order chi connectivity index (χ1) is 10.3. The number of morpholine rings is 1. The fourth-order valence-electron chi connectivity index (χ4n) is 3.59. The van der Waals surface area contributed by atoms with E-state index in [4.69, 9.17) is 10.6 Å². The number of carbonyl (C=O) groups is 1. The van der Waals surface area contributed by atoms with Crippen LogP contribution in [-0.4, -0.2) is 42.6 Å². The molecule has 5 nitrogen and oxygen atoms in total. The summed E-state index contributed by atoms with van der Waals surface area (Å²) in [7, 11) is 0. The van der Waals surface area contributed by atoms with Crippen LogP contribution in [0.4, 0.5) is 0 Å². The van der Waals surface area contributed by atoms with E-state index in [-0.39, 0.29) is 11.8 Å². The Hall–Kier alpha value is -1.43. The van der Waals surface area contributed by atoms with E-state index < -0.39 is 0 Å². The van der Waals surface area contributed by atoms with Crippen molar-refractivity contribution < 1.29 is 9.53 Å². The molecule has 3 N–H and O–H groups in total. The van der Waals surface area contributed by atoms with Crippen LogP contribution in [0.1, 0.15) is 30.7 Å². The monoisotopic (exact) mass is 289 g/mol. The average molecular weight is 289 g/mol. The Labute approximate surface area is 125 Å². The normalized spacial score (nSPS) is 27.1. The minimum Gasteiger partial charge on any atom is -0.375 e. The number of fused-ring (bicyclic) bond motifs is 1. The summed E-state index contributed by atoms with van der Waals surface area (Å²) in [6, 6.07) is 10.3. The molecule has 0 radical (unpaired) electrons. The SMILES string of the molecule is NNC(=O)C(CN1CCOC2CCCC21)c1ccccc1. The first-order valence-corrected chi connectivity index (χ1v) is 7.70. The van der Waals surface area contributed by atoms with Gasteiger partial charge in [0, 0.05) is 19.1 Å². The number of amides is 1. The van der Waals surface area contributed by atoms with E-state index in [9.17, 15) is 4.79 Å². The summed E-state index contributed by atoms with van der Waals surface area (Å²) in [6.45, 7) is 2.35. The zero-order valence-electron chi connectivity index (χ0n) is 12.2. The van der Waals surface area contributed by atoms with Gasteiger partial charge in [-0.25, -0.2) is 5.84 Å². The van der Waals surface area contributed by atoms with E-state index in [1.54, 1.807) is 0 Å². The molecule has 0 spiro atoms. The average Bonchev–Trinajstić information content (AvgIpc) is 3.02. The number of ether oxygens (including phenoxy) is 1. The predicted octanol–water partition coefficient (Wildman–Crippen LogP) is 1.01. The largest absolute Gasteiger partial charge is 0.375 e. The molecule has 1 aliphatic carbocycles. The van der Waals surface area contributed by atoms with Gasteiger partial charge in [0.25, 0.3) is 0 Å². The summed E-state index contributed by atoms with van der Waals surface area (Å²) in [5.74, 6) is 5.03. The lowest BCUT2D eigenvalue weighted by atomic mass is 9.96. The van der Waals surface area contributed by atoms with Gasteiger partial charge in [-0.15, -0.1) is 0 Å². The molecule has 1 amide bonds. The molecule has 3 atom stereocenters. The molecule has 2 aliphatic rings. The first kappa shape index (κ1) is 14.5. The topological polar surface area (TPSA) is 67.6 Å². The van der Waals surface area contributed by atoms with Gasteiger partial charge in [0.1, 0.15) is 0 Å². The molecule has 21 heavy (non-hydrogen) atoms. The number of nitrogens with zero attached hydrogens (tertiary/aromatic N) is 1. The number of hydrogen-bond donors (Lipinski definition) is 2. The van der Waals surface area contributed by atoms with Crippen LogP contribution in [0.5, 0.6) is 0 Å². The Balaban J connectivity index is 1.76. The summed E-state index contributed by atoms with van der Waals surface area (Å²) >= 11 is 0. The van der Waals surface area contributed by atoms with E-state index in [0.29, 0.717) is 18.7 Å². The number of carbonyl (C=O) groups excluding carboxylic acids is 1. The summed E-state index contributed by atoms with van der Waals surface area (Å²) in [4.78, 5) is 14.6. The van der Waals surface area contributed by atoms with Crippen LogP contribution in [0, 0.1) is 0 Å². The van der Waals surface area contributed by atoms with E-state index in [2.05, 4.69) is 10.3 Å². The number of nitrogens with two attached hydrogens (primary N) is 1. The fraction of sp³-hybridized carbons (Fsp3) is 0.562. The molecular weight excluding hydrogens is 266 g/mol. The van der Waals surface area contributed by atoms with Crippen molar-refractivity contribution in [3.63, 3.8) is 0 Å². The smallest absolute Gasteiger partial charge is 0.242 e. The van der Waals surface area contributed by atoms with Crippen LogP contribution in [0.2, 0.25) is 0 Å². The number of rotatable bonds is 4. The minimum absolute atomic E-state index is 0.123. The van der Waals surface area contributed by atoms with Gasteiger partial charge in [0.15, 0.2) is 0 Å². The Kier molecular flexibility index (Phi) is 4.53. The highest BCUT2D eigenvalue weighted by atomic mass is 16.5. The molecule has 1 aliphatic heterocycles. The highest BCUT2D eigenvalue weighted by Gasteiger charge is 2.37. The summed E-state index contributed by atoms with van der Waals surface area (Å²) < 4.78 is 5.84. The molecule has 1 heterocycles. The lowest BCUT2D eigenvalue weighted by Crippen LogP contribution is -2.51. The second-order valence-electron chi connectivity index (χ2n) is 5.87. The lowest BCUT2D eigenvalue weighted by Gasteiger charge is -2.39. The molecule has 3 rings (SSSR count). The van der Waals surface area contributed by atoms with E-state index >= 15 is 0 Å². The Morgan fingerprint density at radius 3 is 2.95 bits per heavy atom. The van der Waals surface area contributed by atoms with Crippen LogP contribution < -0.4 is 11.3 Å². The zero-order chi connectivity index (χ0) is 14.7. The molecule has 0 aromatic heterocycles. The Bertz CT molecular complexity index is 480. The Morgan fingerprint density at radius 1 is 1.38 bits per heavy atom. The zero-order valence-corrected chi connectivity index (χ0v) is 12.2. The van der Waals surface area contributed by atoms with E-state index in [1.165, 1.54) is 6.42 Å². The van der Waals surface area contributed by atoms with Crippen LogP contribution in [0.25, 0.3) is 0 Å². The van der Waals surface area contributed by atoms with Gasteiger partial charge in [-0.2, -0.15) is 0 Å². The van der Waals surface area contributed by atoms with Gasteiger partial charge in [-0.3, -0.25) is 15.1 Å². The third-order valence-electron chi connectivity index (χ3n) is 4.67. The third-order valence-corrected chi connectivity index (χ3v) is 4.67. The molecule has 2 fully saturated rings. The first-order valence-electron chi connectivity index (χ1n) is 7.70. The molecular formula is C16H23N3O2. The number of hydrazine groups is 1. The summed E-state index contributed by atoms with van der Waals surface area (Å²) in [5, 5.41) is 0. The molecule has 5 heteroatoms. The quantitative estimate of drug-likeness (QED) is 0.493. The van der Waals surface area contributed by atoms with Gasteiger partial charge < -0.3 is 4.74 Å². The minimum atomic E-state index is -0.226. The van der Waals surface area contributed by atoms with Crippen molar-refractivity contribution >= 4 is 5.91 Å². The predicted molar refractivity (Wildman–Crippen MR) is 80.5 cm³/mol. The number of nitrogens with one attached hydrogen (secondary N) is 1. The molecule has 1 saturated carbocycles. The van der Waals surface area contributed by atoms with Gasteiger partial charge in [0.2, 0.25) is 5.91 Å². The molecule has 0 bridgehead atoms. The maximum atomic E-state index is 12.2. The van der Waals surface area contributed by atoms with Crippen molar-refractivity contribution in [1.82, 2.24) is 10.3 Å². The molecule has 1 aromatic carbocycles. The molecule has 1 aromatic rings. The van der Waals surface area contributed by atoms with Crippen molar-refractivity contribution in [1.29, 1.82) is 0 Å². The van der Waals surface area contributed by atoms with E-state index in [1.807, 2.05) is 30.3 Å². The van der Waals surface area contributed by atoms with Crippen molar-refractivity contribution in [2.24, 2.45) is 5.84 Å². The van der Waals surface area contributed by atoms with Crippen molar-refractivity contribution in [2.75, 3.05) is 19.7 Å². The lowest BCUT2D eigenvalue weighted by molar-refractivity contribution is -0.124.